The first-order valence-electron chi connectivity index (χ1n) is 8.55. The van der Waals surface area contributed by atoms with Crippen LogP contribution in [0, 0.1) is 5.41 Å². The Morgan fingerprint density at radius 1 is 0.846 bits per heavy atom. The highest BCUT2D eigenvalue weighted by Crippen LogP contribution is 2.40. The Morgan fingerprint density at radius 3 is 1.54 bits per heavy atom. The van der Waals surface area contributed by atoms with Gasteiger partial charge in [0.05, 0.1) is 26.9 Å². The van der Waals surface area contributed by atoms with Crippen LogP contribution < -0.4 is 4.74 Å². The molecule has 1 atom stereocenters. The lowest BCUT2D eigenvalue weighted by Crippen LogP contribution is -2.52. The Balaban J connectivity index is 3.53. The topological polar surface area (TPSA) is 88.1 Å². The van der Waals surface area contributed by atoms with Gasteiger partial charge in [-0.15, -0.1) is 0 Å². The summed E-state index contributed by atoms with van der Waals surface area (Å²) in [5.41, 5.74) is -1.67. The SMILES string of the molecule is CCOC(=O)C(C(=O)OCC)(C(=O)OCC)[C@@H](C)c1ccc(OC)cc1. The van der Waals surface area contributed by atoms with Crippen LogP contribution in [0.25, 0.3) is 0 Å². The first kappa shape index (κ1) is 21.5. The lowest BCUT2D eigenvalue weighted by atomic mass is 9.72. The standard InChI is InChI=1S/C19H26O7/c1-6-24-16(20)19(17(21)25-7-2,18(22)26-8-3)13(4)14-9-11-15(23-5)12-10-14/h9-13H,6-8H2,1-5H3/t13-/m0/s1. The average molecular weight is 366 g/mol. The molecule has 1 aromatic carbocycles. The van der Waals surface area contributed by atoms with E-state index in [4.69, 9.17) is 18.9 Å². The molecule has 0 radical (unpaired) electrons. The lowest BCUT2D eigenvalue weighted by molar-refractivity contribution is -0.185. The summed E-state index contributed by atoms with van der Waals surface area (Å²) in [7, 11) is 1.53. The third-order valence-corrected chi connectivity index (χ3v) is 4.06. The van der Waals surface area contributed by atoms with E-state index in [1.807, 2.05) is 0 Å². The zero-order chi connectivity index (χ0) is 19.7. The van der Waals surface area contributed by atoms with Gasteiger partial charge < -0.3 is 18.9 Å². The van der Waals surface area contributed by atoms with Gasteiger partial charge in [-0.25, -0.2) is 0 Å². The fourth-order valence-corrected chi connectivity index (χ4v) is 2.66. The molecule has 0 fully saturated rings. The van der Waals surface area contributed by atoms with Crippen LogP contribution in [0.3, 0.4) is 0 Å². The first-order chi connectivity index (χ1) is 12.4. The number of methoxy groups -OCH3 is 1. The van der Waals surface area contributed by atoms with Crippen LogP contribution >= 0.6 is 0 Å². The van der Waals surface area contributed by atoms with Gasteiger partial charge in [0.1, 0.15) is 5.75 Å². The van der Waals surface area contributed by atoms with Gasteiger partial charge in [0, 0.05) is 5.92 Å². The number of carbonyl (C=O) groups excluding carboxylic acids is 3. The highest BCUT2D eigenvalue weighted by molar-refractivity contribution is 6.19. The van der Waals surface area contributed by atoms with Crippen molar-refractivity contribution in [2.24, 2.45) is 5.41 Å². The van der Waals surface area contributed by atoms with Gasteiger partial charge in [-0.1, -0.05) is 19.1 Å². The second-order valence-corrected chi connectivity index (χ2v) is 5.46. The number of carbonyl (C=O) groups is 3. The summed E-state index contributed by atoms with van der Waals surface area (Å²) in [5, 5.41) is 0. The zero-order valence-electron chi connectivity index (χ0n) is 15.9. The molecule has 7 heteroatoms. The third kappa shape index (κ3) is 4.15. The molecule has 0 unspecified atom stereocenters. The fraction of sp³-hybridized carbons (Fsp3) is 0.526. The molecule has 0 bridgehead atoms. The van der Waals surface area contributed by atoms with E-state index >= 15 is 0 Å². The van der Waals surface area contributed by atoms with E-state index < -0.39 is 29.2 Å². The largest absolute Gasteiger partial charge is 0.497 e. The molecule has 0 saturated heterocycles. The van der Waals surface area contributed by atoms with E-state index in [0.29, 0.717) is 11.3 Å². The molecule has 0 saturated carbocycles. The molecule has 7 nitrogen and oxygen atoms in total. The van der Waals surface area contributed by atoms with Crippen molar-refractivity contribution in [3.63, 3.8) is 0 Å². The normalized spacial score (nSPS) is 12.0. The molecule has 0 heterocycles. The molecule has 1 aromatic rings. The zero-order valence-corrected chi connectivity index (χ0v) is 15.9. The first-order valence-corrected chi connectivity index (χ1v) is 8.55. The molecular weight excluding hydrogens is 340 g/mol. The highest BCUT2D eigenvalue weighted by atomic mass is 16.6. The number of hydrogen-bond acceptors (Lipinski definition) is 7. The maximum atomic E-state index is 12.8. The number of esters is 3. The second kappa shape index (κ2) is 9.79. The van der Waals surface area contributed by atoms with E-state index in [-0.39, 0.29) is 19.8 Å². The van der Waals surface area contributed by atoms with Crippen LogP contribution in [-0.2, 0) is 28.6 Å². The van der Waals surface area contributed by atoms with E-state index in [9.17, 15) is 14.4 Å². The quantitative estimate of drug-likeness (QED) is 0.377. The molecule has 26 heavy (non-hydrogen) atoms. The summed E-state index contributed by atoms with van der Waals surface area (Å²) in [6.07, 6.45) is 0. The van der Waals surface area contributed by atoms with Crippen molar-refractivity contribution in [1.82, 2.24) is 0 Å². The van der Waals surface area contributed by atoms with Crippen molar-refractivity contribution in [3.05, 3.63) is 29.8 Å². The maximum Gasteiger partial charge on any atom is 0.335 e. The van der Waals surface area contributed by atoms with Gasteiger partial charge in [-0.2, -0.15) is 0 Å². The van der Waals surface area contributed by atoms with Gasteiger partial charge in [0.15, 0.2) is 0 Å². The summed E-state index contributed by atoms with van der Waals surface area (Å²) < 4.78 is 20.3. The number of benzene rings is 1. The van der Waals surface area contributed by atoms with Crippen LogP contribution in [0.4, 0.5) is 0 Å². The lowest BCUT2D eigenvalue weighted by Gasteiger charge is -2.32. The molecule has 0 spiro atoms. The van der Waals surface area contributed by atoms with Crippen LogP contribution in [0.2, 0.25) is 0 Å². The van der Waals surface area contributed by atoms with Crippen molar-refractivity contribution in [1.29, 1.82) is 0 Å². The molecule has 0 aromatic heterocycles. The monoisotopic (exact) mass is 366 g/mol. The summed E-state index contributed by atoms with van der Waals surface area (Å²) in [5.74, 6) is -3.22. The van der Waals surface area contributed by atoms with Gasteiger partial charge in [-0.3, -0.25) is 14.4 Å². The Bertz CT molecular complexity index is 576. The van der Waals surface area contributed by atoms with Gasteiger partial charge >= 0.3 is 17.9 Å². The highest BCUT2D eigenvalue weighted by Gasteiger charge is 2.61. The van der Waals surface area contributed by atoms with Crippen molar-refractivity contribution < 1.29 is 33.3 Å². The van der Waals surface area contributed by atoms with E-state index in [2.05, 4.69) is 0 Å². The van der Waals surface area contributed by atoms with Crippen LogP contribution in [0.5, 0.6) is 5.75 Å². The Labute approximate surface area is 153 Å². The van der Waals surface area contributed by atoms with Gasteiger partial charge in [0.2, 0.25) is 0 Å². The summed E-state index contributed by atoms with van der Waals surface area (Å²) in [6.45, 7) is 6.40. The summed E-state index contributed by atoms with van der Waals surface area (Å²) >= 11 is 0. The van der Waals surface area contributed by atoms with Crippen LogP contribution in [-0.4, -0.2) is 44.8 Å². The molecular formula is C19H26O7. The van der Waals surface area contributed by atoms with Crippen molar-refractivity contribution in [3.8, 4) is 5.75 Å². The number of rotatable bonds is 9. The molecule has 0 aliphatic rings. The van der Waals surface area contributed by atoms with Crippen LogP contribution in [0.15, 0.2) is 24.3 Å². The van der Waals surface area contributed by atoms with Gasteiger partial charge in [-0.05, 0) is 38.5 Å². The Morgan fingerprint density at radius 2 is 1.23 bits per heavy atom. The maximum absolute atomic E-state index is 12.8. The predicted octanol–water partition coefficient (Wildman–Crippen LogP) is 2.47. The van der Waals surface area contributed by atoms with Crippen molar-refractivity contribution in [2.45, 2.75) is 33.6 Å². The van der Waals surface area contributed by atoms with E-state index in [1.54, 1.807) is 52.0 Å². The summed E-state index contributed by atoms with van der Waals surface area (Å²) in [4.78, 5) is 38.4. The average Bonchev–Trinajstić information content (AvgIpc) is 2.63. The minimum absolute atomic E-state index is 0.00866. The van der Waals surface area contributed by atoms with Crippen LogP contribution in [0.1, 0.15) is 39.2 Å². The minimum atomic E-state index is -2.24. The molecule has 1 rings (SSSR count). The minimum Gasteiger partial charge on any atom is -0.497 e. The second-order valence-electron chi connectivity index (χ2n) is 5.46. The molecule has 0 aliphatic carbocycles. The molecule has 0 amide bonds. The Kier molecular flexibility index (Phi) is 8.09. The molecule has 0 N–H and O–H groups in total. The fourth-order valence-electron chi connectivity index (χ4n) is 2.66. The van der Waals surface area contributed by atoms with E-state index in [0.717, 1.165) is 0 Å². The smallest absolute Gasteiger partial charge is 0.335 e. The van der Waals surface area contributed by atoms with Gasteiger partial charge in [0.25, 0.3) is 5.41 Å². The summed E-state index contributed by atoms with van der Waals surface area (Å²) in [6, 6.07) is 6.71. The van der Waals surface area contributed by atoms with Crippen molar-refractivity contribution >= 4 is 17.9 Å². The number of hydrogen-bond donors (Lipinski definition) is 0. The molecule has 0 aliphatic heterocycles. The van der Waals surface area contributed by atoms with Crippen molar-refractivity contribution in [2.75, 3.05) is 26.9 Å². The Hall–Kier alpha value is -2.57. The predicted molar refractivity (Wildman–Crippen MR) is 93.7 cm³/mol. The molecule has 144 valence electrons. The third-order valence-electron chi connectivity index (χ3n) is 4.06. The number of ether oxygens (including phenoxy) is 4. The van der Waals surface area contributed by atoms with E-state index in [1.165, 1.54) is 7.11 Å².